The van der Waals surface area contributed by atoms with Crippen LogP contribution in [0.5, 0.6) is 5.75 Å². The van der Waals surface area contributed by atoms with Gasteiger partial charge in [0.15, 0.2) is 0 Å². The lowest BCUT2D eigenvalue weighted by atomic mass is 10.2. The molecule has 0 spiro atoms. The maximum atomic E-state index is 12.2. The monoisotopic (exact) mass is 361 g/mol. The Kier molecular flexibility index (Phi) is 7.53. The molecular weight excluding hydrogens is 338 g/mol. The molecule has 0 N–H and O–H groups in total. The second-order valence-electron chi connectivity index (χ2n) is 5.37. The van der Waals surface area contributed by atoms with Crippen LogP contribution in [0, 0.1) is 0 Å². The first-order valence-electron chi connectivity index (χ1n) is 7.76. The summed E-state index contributed by atoms with van der Waals surface area (Å²) < 4.78 is 5.14. The molecular formula is C19H23NO2S2. The molecule has 3 nitrogen and oxygen atoms in total. The average Bonchev–Trinajstić information content (AvgIpc) is 2.62. The highest BCUT2D eigenvalue weighted by atomic mass is 32.2. The number of benzene rings is 2. The third-order valence-corrected chi connectivity index (χ3v) is 5.41. The molecule has 2 aromatic carbocycles. The summed E-state index contributed by atoms with van der Waals surface area (Å²) in [4.78, 5) is 16.4. The number of amides is 1. The van der Waals surface area contributed by atoms with Gasteiger partial charge in [-0.1, -0.05) is 12.1 Å². The van der Waals surface area contributed by atoms with E-state index < -0.39 is 0 Å². The standard InChI is InChI=1S/C19H23NO2S2/c1-20(14-15-4-8-17(23-3)9-5-15)19(21)12-13-24-18-10-6-16(22-2)7-11-18/h4-11H,12-14H2,1-3H3. The van der Waals surface area contributed by atoms with Crippen molar-refractivity contribution in [1.82, 2.24) is 4.90 Å². The number of ether oxygens (including phenoxy) is 1. The molecule has 0 aliphatic rings. The van der Waals surface area contributed by atoms with E-state index in [0.29, 0.717) is 13.0 Å². The van der Waals surface area contributed by atoms with Crippen molar-refractivity contribution in [2.75, 3.05) is 26.2 Å². The van der Waals surface area contributed by atoms with Gasteiger partial charge in [-0.25, -0.2) is 0 Å². The largest absolute Gasteiger partial charge is 0.497 e. The third-order valence-electron chi connectivity index (χ3n) is 3.65. The van der Waals surface area contributed by atoms with Crippen LogP contribution in [-0.4, -0.2) is 37.0 Å². The Balaban J connectivity index is 1.76. The Hall–Kier alpha value is -1.59. The van der Waals surface area contributed by atoms with Crippen LogP contribution in [0.25, 0.3) is 0 Å². The molecule has 0 saturated carbocycles. The van der Waals surface area contributed by atoms with Crippen molar-refractivity contribution in [1.29, 1.82) is 0 Å². The number of carbonyl (C=O) groups is 1. The van der Waals surface area contributed by atoms with Crippen molar-refractivity contribution in [2.24, 2.45) is 0 Å². The molecule has 2 rings (SSSR count). The Bertz CT molecular complexity index is 641. The Morgan fingerprint density at radius 1 is 1.04 bits per heavy atom. The number of nitrogens with zero attached hydrogens (tertiary/aromatic N) is 1. The van der Waals surface area contributed by atoms with Gasteiger partial charge in [0, 0.05) is 35.6 Å². The van der Waals surface area contributed by atoms with E-state index in [1.165, 1.54) is 4.90 Å². The summed E-state index contributed by atoms with van der Waals surface area (Å²) in [5.41, 5.74) is 1.16. The minimum absolute atomic E-state index is 0.171. The lowest BCUT2D eigenvalue weighted by Gasteiger charge is -2.17. The zero-order valence-electron chi connectivity index (χ0n) is 14.3. The first kappa shape index (κ1) is 18.7. The summed E-state index contributed by atoms with van der Waals surface area (Å²) >= 11 is 3.41. The Labute approximate surface area is 152 Å². The topological polar surface area (TPSA) is 29.5 Å². The summed E-state index contributed by atoms with van der Waals surface area (Å²) in [6.07, 6.45) is 2.60. The average molecular weight is 362 g/mol. The SMILES string of the molecule is COc1ccc(SCCC(=O)N(C)Cc2ccc(SC)cc2)cc1. The molecule has 0 heterocycles. The van der Waals surface area contributed by atoms with Crippen LogP contribution in [0.4, 0.5) is 0 Å². The van der Waals surface area contributed by atoms with E-state index in [1.807, 2.05) is 31.3 Å². The van der Waals surface area contributed by atoms with Crippen LogP contribution < -0.4 is 4.74 Å². The van der Waals surface area contributed by atoms with E-state index in [0.717, 1.165) is 22.0 Å². The summed E-state index contributed by atoms with van der Waals surface area (Å²) in [5, 5.41) is 0. The Morgan fingerprint density at radius 3 is 2.25 bits per heavy atom. The first-order valence-corrected chi connectivity index (χ1v) is 9.97. The molecule has 0 fully saturated rings. The zero-order chi connectivity index (χ0) is 17.4. The van der Waals surface area contributed by atoms with Gasteiger partial charge in [0.05, 0.1) is 7.11 Å². The quantitative estimate of drug-likeness (QED) is 0.645. The highest BCUT2D eigenvalue weighted by Gasteiger charge is 2.09. The molecule has 24 heavy (non-hydrogen) atoms. The van der Waals surface area contributed by atoms with Crippen LogP contribution in [0.15, 0.2) is 58.3 Å². The highest BCUT2D eigenvalue weighted by molar-refractivity contribution is 7.99. The van der Waals surface area contributed by atoms with E-state index >= 15 is 0 Å². The Morgan fingerprint density at radius 2 is 1.67 bits per heavy atom. The number of hydrogen-bond donors (Lipinski definition) is 0. The van der Waals surface area contributed by atoms with Gasteiger partial charge >= 0.3 is 0 Å². The fraction of sp³-hybridized carbons (Fsp3) is 0.316. The number of hydrogen-bond acceptors (Lipinski definition) is 4. The van der Waals surface area contributed by atoms with E-state index in [2.05, 4.69) is 30.5 Å². The number of thioether (sulfide) groups is 2. The van der Waals surface area contributed by atoms with Crippen LogP contribution in [0.2, 0.25) is 0 Å². The van der Waals surface area contributed by atoms with Gasteiger partial charge in [-0.05, 0) is 48.2 Å². The molecule has 0 radical (unpaired) electrons. The predicted octanol–water partition coefficient (Wildman–Crippen LogP) is 4.56. The van der Waals surface area contributed by atoms with Crippen molar-refractivity contribution in [2.45, 2.75) is 22.8 Å². The summed E-state index contributed by atoms with van der Waals surface area (Å²) in [6.45, 7) is 0.653. The van der Waals surface area contributed by atoms with Gasteiger partial charge < -0.3 is 9.64 Å². The van der Waals surface area contributed by atoms with Crippen molar-refractivity contribution in [3.8, 4) is 5.75 Å². The first-order chi connectivity index (χ1) is 11.6. The van der Waals surface area contributed by atoms with E-state index in [-0.39, 0.29) is 5.91 Å². The molecule has 0 unspecified atom stereocenters. The lowest BCUT2D eigenvalue weighted by molar-refractivity contribution is -0.129. The summed E-state index contributed by atoms with van der Waals surface area (Å²) in [6, 6.07) is 16.3. The smallest absolute Gasteiger partial charge is 0.223 e. The number of carbonyl (C=O) groups excluding carboxylic acids is 1. The minimum Gasteiger partial charge on any atom is -0.497 e. The van der Waals surface area contributed by atoms with Gasteiger partial charge in [-0.3, -0.25) is 4.79 Å². The molecule has 0 aliphatic carbocycles. The maximum Gasteiger partial charge on any atom is 0.223 e. The van der Waals surface area contributed by atoms with E-state index in [1.54, 1.807) is 35.5 Å². The molecule has 0 aromatic heterocycles. The second kappa shape index (κ2) is 9.64. The van der Waals surface area contributed by atoms with E-state index in [4.69, 9.17) is 4.74 Å². The van der Waals surface area contributed by atoms with Crippen LogP contribution in [0.1, 0.15) is 12.0 Å². The second-order valence-corrected chi connectivity index (χ2v) is 7.42. The van der Waals surface area contributed by atoms with Crippen molar-refractivity contribution < 1.29 is 9.53 Å². The van der Waals surface area contributed by atoms with E-state index in [9.17, 15) is 4.79 Å². The van der Waals surface area contributed by atoms with Gasteiger partial charge in [-0.15, -0.1) is 23.5 Å². The molecule has 1 amide bonds. The number of methoxy groups -OCH3 is 1. The highest BCUT2D eigenvalue weighted by Crippen LogP contribution is 2.22. The molecule has 5 heteroatoms. The third kappa shape index (κ3) is 5.80. The van der Waals surface area contributed by atoms with Gasteiger partial charge in [0.2, 0.25) is 5.91 Å². The zero-order valence-corrected chi connectivity index (χ0v) is 16.0. The molecule has 128 valence electrons. The van der Waals surface area contributed by atoms with Crippen molar-refractivity contribution in [3.05, 3.63) is 54.1 Å². The van der Waals surface area contributed by atoms with Gasteiger partial charge in [0.25, 0.3) is 0 Å². The minimum atomic E-state index is 0.171. The normalized spacial score (nSPS) is 10.5. The predicted molar refractivity (Wildman–Crippen MR) is 103 cm³/mol. The van der Waals surface area contributed by atoms with Crippen LogP contribution in [-0.2, 0) is 11.3 Å². The lowest BCUT2D eigenvalue weighted by Crippen LogP contribution is -2.26. The van der Waals surface area contributed by atoms with Gasteiger partial charge in [0.1, 0.15) is 5.75 Å². The summed E-state index contributed by atoms with van der Waals surface area (Å²) in [5.74, 6) is 1.80. The molecule has 0 aliphatic heterocycles. The maximum absolute atomic E-state index is 12.2. The van der Waals surface area contributed by atoms with Crippen molar-refractivity contribution >= 4 is 29.4 Å². The van der Waals surface area contributed by atoms with Crippen molar-refractivity contribution in [3.63, 3.8) is 0 Å². The van der Waals surface area contributed by atoms with Crippen LogP contribution in [0.3, 0.4) is 0 Å². The molecule has 2 aromatic rings. The molecule has 0 atom stereocenters. The number of rotatable bonds is 8. The molecule has 0 saturated heterocycles. The fourth-order valence-corrected chi connectivity index (χ4v) is 3.46. The molecule has 0 bridgehead atoms. The van der Waals surface area contributed by atoms with Crippen LogP contribution >= 0.6 is 23.5 Å². The van der Waals surface area contributed by atoms with Gasteiger partial charge in [-0.2, -0.15) is 0 Å². The fourth-order valence-electron chi connectivity index (χ4n) is 2.21. The summed E-state index contributed by atoms with van der Waals surface area (Å²) in [7, 11) is 3.52.